The highest BCUT2D eigenvalue weighted by molar-refractivity contribution is 5.94. The molecule has 0 radical (unpaired) electrons. The predicted molar refractivity (Wildman–Crippen MR) is 158 cm³/mol. The lowest BCUT2D eigenvalue weighted by atomic mass is 9.79. The summed E-state index contributed by atoms with van der Waals surface area (Å²) in [7, 11) is 1.67. The van der Waals surface area contributed by atoms with Crippen LogP contribution in [0.25, 0.3) is 21.9 Å². The van der Waals surface area contributed by atoms with Crippen molar-refractivity contribution in [3.05, 3.63) is 95.6 Å². The number of fused-ring (bicyclic) bond motifs is 1. The van der Waals surface area contributed by atoms with Crippen molar-refractivity contribution in [1.29, 1.82) is 5.26 Å². The van der Waals surface area contributed by atoms with Gasteiger partial charge in [0.05, 0.1) is 13.2 Å². The van der Waals surface area contributed by atoms with E-state index in [1.54, 1.807) is 14.0 Å². The lowest BCUT2D eigenvalue weighted by Gasteiger charge is -2.39. The molecule has 1 aliphatic rings. The number of carbonyl (C=O) groups excluding carboxylic acids is 1. The number of hydrogen-bond acceptors (Lipinski definition) is 4. The van der Waals surface area contributed by atoms with Gasteiger partial charge in [0.15, 0.2) is 0 Å². The van der Waals surface area contributed by atoms with Gasteiger partial charge < -0.3 is 14.5 Å². The van der Waals surface area contributed by atoms with E-state index in [0.717, 1.165) is 46.3 Å². The van der Waals surface area contributed by atoms with E-state index in [9.17, 15) is 10.1 Å². The van der Waals surface area contributed by atoms with Crippen LogP contribution in [0.15, 0.2) is 78.9 Å². The summed E-state index contributed by atoms with van der Waals surface area (Å²) >= 11 is 0. The van der Waals surface area contributed by atoms with Crippen LogP contribution in [0.2, 0.25) is 0 Å². The molecular weight excluding hydrogens is 482 g/mol. The Hall–Kier alpha value is -4.30. The number of nitrogens with zero attached hydrogens (tertiary/aromatic N) is 3. The Morgan fingerprint density at radius 2 is 1.62 bits per heavy atom. The number of carbonyl (C=O) groups is 1. The summed E-state index contributed by atoms with van der Waals surface area (Å²) in [5, 5.41) is 12.6. The van der Waals surface area contributed by atoms with Gasteiger partial charge in [0.1, 0.15) is 11.2 Å². The molecular formula is C34H35N3O2. The van der Waals surface area contributed by atoms with Gasteiger partial charge in [0.2, 0.25) is 5.91 Å². The number of piperazine rings is 1. The monoisotopic (exact) mass is 517 g/mol. The summed E-state index contributed by atoms with van der Waals surface area (Å²) in [6.07, 6.45) is 0.314. The van der Waals surface area contributed by atoms with E-state index in [4.69, 9.17) is 4.74 Å². The number of ether oxygens (including phenoxy) is 1. The van der Waals surface area contributed by atoms with Gasteiger partial charge in [0, 0.05) is 43.9 Å². The standard InChI is InChI=1S/C34H35N3O2/c1-24-10-9-14-31(25(24)2)36-18-20-37(21-19-36)33(38)34(3,23-35)22-30-27-12-6-5-11-26(27)16-17-28(30)29-13-7-8-15-32(29)39-4/h5-17H,18-22H2,1-4H3. The second-order valence-electron chi connectivity index (χ2n) is 10.6. The molecule has 39 heavy (non-hydrogen) atoms. The molecule has 0 saturated carbocycles. The highest BCUT2D eigenvalue weighted by Gasteiger charge is 2.39. The molecule has 1 atom stereocenters. The molecule has 5 heteroatoms. The van der Waals surface area contributed by atoms with E-state index < -0.39 is 5.41 Å². The van der Waals surface area contributed by atoms with E-state index in [-0.39, 0.29) is 5.91 Å². The third-order valence-electron chi connectivity index (χ3n) is 8.17. The molecule has 0 aromatic heterocycles. The van der Waals surface area contributed by atoms with Gasteiger partial charge in [0.25, 0.3) is 0 Å². The zero-order valence-electron chi connectivity index (χ0n) is 23.2. The lowest BCUT2D eigenvalue weighted by molar-refractivity contribution is -0.138. The van der Waals surface area contributed by atoms with Gasteiger partial charge in [-0.25, -0.2) is 0 Å². The fourth-order valence-corrected chi connectivity index (χ4v) is 5.74. The molecule has 1 aliphatic heterocycles. The van der Waals surface area contributed by atoms with Crippen LogP contribution < -0.4 is 9.64 Å². The first kappa shape index (κ1) is 26.3. The molecule has 5 rings (SSSR count). The molecule has 4 aromatic carbocycles. The first-order chi connectivity index (χ1) is 18.9. The first-order valence-corrected chi connectivity index (χ1v) is 13.5. The molecule has 1 heterocycles. The van der Waals surface area contributed by atoms with Crippen molar-refractivity contribution in [2.45, 2.75) is 27.2 Å². The molecule has 1 saturated heterocycles. The Bertz CT molecular complexity index is 1560. The van der Waals surface area contributed by atoms with E-state index in [2.05, 4.69) is 67.3 Å². The molecule has 4 aromatic rings. The largest absolute Gasteiger partial charge is 0.496 e. The molecule has 0 aliphatic carbocycles. The van der Waals surface area contributed by atoms with E-state index in [1.807, 2.05) is 41.3 Å². The molecule has 0 bridgehead atoms. The van der Waals surface area contributed by atoms with Crippen molar-refractivity contribution in [3.8, 4) is 22.9 Å². The van der Waals surface area contributed by atoms with Crippen LogP contribution >= 0.6 is 0 Å². The maximum absolute atomic E-state index is 14.0. The second-order valence-corrected chi connectivity index (χ2v) is 10.6. The van der Waals surface area contributed by atoms with Crippen molar-refractivity contribution >= 4 is 22.4 Å². The topological polar surface area (TPSA) is 56.6 Å². The number of hydrogen-bond donors (Lipinski definition) is 0. The number of benzene rings is 4. The average Bonchev–Trinajstić information content (AvgIpc) is 2.98. The minimum Gasteiger partial charge on any atom is -0.496 e. The van der Waals surface area contributed by atoms with Gasteiger partial charge in [-0.15, -0.1) is 0 Å². The quantitative estimate of drug-likeness (QED) is 0.291. The molecule has 198 valence electrons. The molecule has 0 spiro atoms. The van der Waals surface area contributed by atoms with Gasteiger partial charge in [-0.1, -0.05) is 66.7 Å². The third kappa shape index (κ3) is 4.95. The highest BCUT2D eigenvalue weighted by atomic mass is 16.5. The lowest BCUT2D eigenvalue weighted by Crippen LogP contribution is -2.53. The second kappa shape index (κ2) is 10.8. The number of nitriles is 1. The summed E-state index contributed by atoms with van der Waals surface area (Å²) in [6.45, 7) is 8.76. The minimum atomic E-state index is -1.21. The predicted octanol–water partition coefficient (Wildman–Crippen LogP) is 6.55. The number of aryl methyl sites for hydroxylation is 1. The molecule has 5 nitrogen and oxygen atoms in total. The Morgan fingerprint density at radius 3 is 2.36 bits per heavy atom. The minimum absolute atomic E-state index is 0.107. The number of rotatable bonds is 6. The maximum atomic E-state index is 14.0. The summed E-state index contributed by atoms with van der Waals surface area (Å²) < 4.78 is 5.68. The zero-order valence-corrected chi connectivity index (χ0v) is 23.2. The van der Waals surface area contributed by atoms with Gasteiger partial charge in [-0.3, -0.25) is 4.79 Å². The van der Waals surface area contributed by atoms with Gasteiger partial charge in [-0.05, 0) is 65.9 Å². The zero-order chi connectivity index (χ0) is 27.6. The number of anilines is 1. The number of para-hydroxylation sites is 1. The van der Waals surface area contributed by atoms with Gasteiger partial charge >= 0.3 is 0 Å². The van der Waals surface area contributed by atoms with Crippen LogP contribution in [-0.2, 0) is 11.2 Å². The molecule has 1 amide bonds. The molecule has 0 N–H and O–H groups in total. The summed E-state index contributed by atoms with van der Waals surface area (Å²) in [5.74, 6) is 0.658. The van der Waals surface area contributed by atoms with E-state index in [1.165, 1.54) is 16.8 Å². The number of amides is 1. The molecule has 1 unspecified atom stereocenters. The normalized spacial score (nSPS) is 15.1. The van der Waals surface area contributed by atoms with E-state index >= 15 is 0 Å². The van der Waals surface area contributed by atoms with Gasteiger partial charge in [-0.2, -0.15) is 5.26 Å². The molecule has 1 fully saturated rings. The smallest absolute Gasteiger partial charge is 0.243 e. The Morgan fingerprint density at radius 1 is 0.897 bits per heavy atom. The van der Waals surface area contributed by atoms with Crippen LogP contribution in [0, 0.1) is 30.6 Å². The summed E-state index contributed by atoms with van der Waals surface area (Å²) in [5.41, 5.74) is 5.49. The van der Waals surface area contributed by atoms with Crippen LogP contribution in [0.1, 0.15) is 23.6 Å². The fourth-order valence-electron chi connectivity index (χ4n) is 5.74. The first-order valence-electron chi connectivity index (χ1n) is 13.5. The average molecular weight is 518 g/mol. The van der Waals surface area contributed by atoms with Crippen molar-refractivity contribution < 1.29 is 9.53 Å². The summed E-state index contributed by atoms with van der Waals surface area (Å²) in [4.78, 5) is 18.2. The Kier molecular flexibility index (Phi) is 7.30. The van der Waals surface area contributed by atoms with E-state index in [0.29, 0.717) is 19.5 Å². The van der Waals surface area contributed by atoms with Crippen LogP contribution in [-0.4, -0.2) is 44.1 Å². The van der Waals surface area contributed by atoms with Crippen LogP contribution in [0.3, 0.4) is 0 Å². The fraction of sp³-hybridized carbons (Fsp3) is 0.294. The van der Waals surface area contributed by atoms with Crippen LogP contribution in [0.5, 0.6) is 5.75 Å². The van der Waals surface area contributed by atoms with Crippen LogP contribution in [0.4, 0.5) is 5.69 Å². The SMILES string of the molecule is COc1ccccc1-c1ccc2ccccc2c1CC(C)(C#N)C(=O)N1CCN(c2cccc(C)c2C)CC1. The number of methoxy groups -OCH3 is 1. The highest BCUT2D eigenvalue weighted by Crippen LogP contribution is 2.39. The van der Waals surface area contributed by atoms with Crippen molar-refractivity contribution in [1.82, 2.24) is 4.90 Å². The third-order valence-corrected chi connectivity index (χ3v) is 8.17. The summed E-state index contributed by atoms with van der Waals surface area (Å²) in [6, 6.07) is 29.1. The van der Waals surface area contributed by atoms with Crippen molar-refractivity contribution in [2.75, 3.05) is 38.2 Å². The van der Waals surface area contributed by atoms with Crippen molar-refractivity contribution in [2.24, 2.45) is 5.41 Å². The maximum Gasteiger partial charge on any atom is 0.243 e. The van der Waals surface area contributed by atoms with Crippen molar-refractivity contribution in [3.63, 3.8) is 0 Å². The Labute approximate surface area is 231 Å². The Balaban J connectivity index is 1.46.